The van der Waals surface area contributed by atoms with E-state index >= 15 is 0 Å². The lowest BCUT2D eigenvalue weighted by Crippen LogP contribution is -2.21. The predicted octanol–water partition coefficient (Wildman–Crippen LogP) is 1.36. The van der Waals surface area contributed by atoms with E-state index in [0.717, 1.165) is 17.7 Å². The van der Waals surface area contributed by atoms with Crippen LogP contribution in [-0.2, 0) is 10.2 Å². The van der Waals surface area contributed by atoms with Crippen LogP contribution in [0.15, 0.2) is 29.4 Å². The third kappa shape index (κ3) is 0.909. The maximum Gasteiger partial charge on any atom is 0.235 e. The fourth-order valence-electron chi connectivity index (χ4n) is 2.46. The van der Waals surface area contributed by atoms with Crippen LogP contribution in [0.2, 0.25) is 0 Å². The number of fused-ring (bicyclic) bond motifs is 2. The van der Waals surface area contributed by atoms with E-state index < -0.39 is 5.41 Å². The van der Waals surface area contributed by atoms with E-state index in [9.17, 15) is 4.79 Å². The molecule has 2 unspecified atom stereocenters. The van der Waals surface area contributed by atoms with E-state index in [1.54, 1.807) is 0 Å². The van der Waals surface area contributed by atoms with Crippen molar-refractivity contribution in [3.63, 3.8) is 0 Å². The second-order valence-corrected chi connectivity index (χ2v) is 4.05. The van der Waals surface area contributed by atoms with Gasteiger partial charge in [0.15, 0.2) is 0 Å². The van der Waals surface area contributed by atoms with Gasteiger partial charge in [-0.2, -0.15) is 0 Å². The summed E-state index contributed by atoms with van der Waals surface area (Å²) in [7, 11) is 0. The Labute approximate surface area is 86.6 Å². The van der Waals surface area contributed by atoms with E-state index in [0.29, 0.717) is 0 Å². The van der Waals surface area contributed by atoms with Crippen molar-refractivity contribution in [2.75, 3.05) is 5.32 Å². The van der Waals surface area contributed by atoms with E-state index in [1.165, 1.54) is 6.21 Å². The van der Waals surface area contributed by atoms with Gasteiger partial charge in [0.05, 0.1) is 5.41 Å². The maximum absolute atomic E-state index is 11.8. The molecule has 1 aliphatic heterocycles. The zero-order chi connectivity index (χ0) is 10.5. The Morgan fingerprint density at radius 1 is 1.53 bits per heavy atom. The van der Waals surface area contributed by atoms with Crippen molar-refractivity contribution in [1.29, 1.82) is 0 Å². The molecule has 1 saturated carbocycles. The van der Waals surface area contributed by atoms with Crippen molar-refractivity contribution in [2.24, 2.45) is 11.1 Å². The van der Waals surface area contributed by atoms with Gasteiger partial charge in [-0.25, -0.2) is 0 Å². The monoisotopic (exact) mass is 202 g/mol. The summed E-state index contributed by atoms with van der Waals surface area (Å²) in [5, 5.41) is 14.4. The van der Waals surface area contributed by atoms with Crippen LogP contribution in [0.1, 0.15) is 12.0 Å². The number of benzene rings is 1. The van der Waals surface area contributed by atoms with Gasteiger partial charge in [0, 0.05) is 17.8 Å². The topological polar surface area (TPSA) is 61.7 Å². The van der Waals surface area contributed by atoms with Crippen LogP contribution in [-0.4, -0.2) is 17.3 Å². The summed E-state index contributed by atoms with van der Waals surface area (Å²) in [5.41, 5.74) is 1.46. The van der Waals surface area contributed by atoms with Crippen molar-refractivity contribution in [3.05, 3.63) is 29.8 Å². The number of hydrogen-bond donors (Lipinski definition) is 2. The van der Waals surface area contributed by atoms with Crippen molar-refractivity contribution in [1.82, 2.24) is 0 Å². The SMILES string of the molecule is O=C1Nc2ccccc2C12CC2/C=N/O. The van der Waals surface area contributed by atoms with Gasteiger partial charge in [0.2, 0.25) is 5.91 Å². The van der Waals surface area contributed by atoms with Crippen molar-refractivity contribution < 1.29 is 10.0 Å². The highest BCUT2D eigenvalue weighted by molar-refractivity contribution is 6.11. The van der Waals surface area contributed by atoms with Gasteiger partial charge in [0.25, 0.3) is 0 Å². The third-order valence-electron chi connectivity index (χ3n) is 3.32. The zero-order valence-electron chi connectivity index (χ0n) is 7.97. The Morgan fingerprint density at radius 2 is 2.33 bits per heavy atom. The molecule has 15 heavy (non-hydrogen) atoms. The molecule has 2 atom stereocenters. The minimum atomic E-state index is -0.456. The smallest absolute Gasteiger partial charge is 0.235 e. The fourth-order valence-corrected chi connectivity index (χ4v) is 2.46. The molecule has 1 fully saturated rings. The number of para-hydroxylation sites is 1. The molecule has 1 aromatic rings. The number of hydrogen-bond acceptors (Lipinski definition) is 3. The molecule has 3 rings (SSSR count). The molecule has 1 amide bonds. The summed E-state index contributed by atoms with van der Waals surface area (Å²) >= 11 is 0. The Hall–Kier alpha value is -1.84. The molecule has 1 spiro atoms. The van der Waals surface area contributed by atoms with Gasteiger partial charge in [-0.05, 0) is 18.1 Å². The molecule has 0 aromatic heterocycles. The fraction of sp³-hybridized carbons (Fsp3) is 0.273. The first kappa shape index (κ1) is 8.47. The number of amides is 1. The van der Waals surface area contributed by atoms with Gasteiger partial charge < -0.3 is 10.5 Å². The van der Waals surface area contributed by atoms with E-state index in [-0.39, 0.29) is 11.8 Å². The molecule has 2 N–H and O–H groups in total. The molecule has 0 bridgehead atoms. The second-order valence-electron chi connectivity index (χ2n) is 4.05. The second kappa shape index (κ2) is 2.59. The van der Waals surface area contributed by atoms with E-state index in [1.807, 2.05) is 24.3 Å². The molecule has 4 nitrogen and oxygen atoms in total. The Bertz CT molecular complexity index is 469. The minimum absolute atomic E-state index is 0.0219. The number of carbonyl (C=O) groups excluding carboxylic acids is 1. The summed E-state index contributed by atoms with van der Waals surface area (Å²) < 4.78 is 0. The number of anilines is 1. The standard InChI is InChI=1S/C11H10N2O2/c14-10-11(5-7(11)6-12-15)8-3-1-2-4-9(8)13-10/h1-4,6-7,15H,5H2,(H,13,14)/b12-6+. The van der Waals surface area contributed by atoms with Gasteiger partial charge in [-0.1, -0.05) is 18.2 Å². The zero-order valence-corrected chi connectivity index (χ0v) is 7.97. The summed E-state index contributed by atoms with van der Waals surface area (Å²) in [5.74, 6) is 0.0553. The molecule has 1 aromatic carbocycles. The van der Waals surface area contributed by atoms with E-state index in [4.69, 9.17) is 5.21 Å². The number of carbonyl (C=O) groups is 1. The van der Waals surface area contributed by atoms with Crippen LogP contribution < -0.4 is 5.32 Å². The predicted molar refractivity (Wildman–Crippen MR) is 55.1 cm³/mol. The normalized spacial score (nSPS) is 32.0. The van der Waals surface area contributed by atoms with Crippen molar-refractivity contribution in [2.45, 2.75) is 11.8 Å². The van der Waals surface area contributed by atoms with Crippen LogP contribution in [0.3, 0.4) is 0 Å². The summed E-state index contributed by atoms with van der Waals surface area (Å²) in [6.07, 6.45) is 2.18. The number of rotatable bonds is 1. The highest BCUT2D eigenvalue weighted by atomic mass is 16.4. The number of oxime groups is 1. The van der Waals surface area contributed by atoms with Crippen LogP contribution in [0.5, 0.6) is 0 Å². The summed E-state index contributed by atoms with van der Waals surface area (Å²) in [6, 6.07) is 7.67. The quantitative estimate of drug-likeness (QED) is 0.410. The molecular weight excluding hydrogens is 192 g/mol. The lowest BCUT2D eigenvalue weighted by molar-refractivity contribution is -0.118. The highest BCUT2D eigenvalue weighted by Gasteiger charge is 2.64. The molecule has 1 aliphatic carbocycles. The third-order valence-corrected chi connectivity index (χ3v) is 3.32. The first-order valence-corrected chi connectivity index (χ1v) is 4.87. The lowest BCUT2D eigenvalue weighted by Gasteiger charge is -2.04. The number of nitrogens with one attached hydrogen (secondary N) is 1. The van der Waals surface area contributed by atoms with E-state index in [2.05, 4.69) is 10.5 Å². The minimum Gasteiger partial charge on any atom is -0.411 e. The van der Waals surface area contributed by atoms with Crippen molar-refractivity contribution in [3.8, 4) is 0 Å². The average Bonchev–Trinajstić information content (AvgIpc) is 2.87. The molecule has 76 valence electrons. The summed E-state index contributed by atoms with van der Waals surface area (Å²) in [6.45, 7) is 0. The largest absolute Gasteiger partial charge is 0.411 e. The Morgan fingerprint density at radius 3 is 3.13 bits per heavy atom. The van der Waals surface area contributed by atoms with Crippen LogP contribution in [0.4, 0.5) is 5.69 Å². The molecule has 2 aliphatic rings. The average molecular weight is 202 g/mol. The first-order chi connectivity index (χ1) is 7.29. The molecular formula is C11H10N2O2. The molecule has 0 radical (unpaired) electrons. The van der Waals surface area contributed by atoms with Gasteiger partial charge >= 0.3 is 0 Å². The molecule has 1 heterocycles. The van der Waals surface area contributed by atoms with Gasteiger partial charge in [-0.15, -0.1) is 5.16 Å². The number of nitrogens with zero attached hydrogens (tertiary/aromatic N) is 1. The molecule has 4 heteroatoms. The Balaban J connectivity index is 2.09. The van der Waals surface area contributed by atoms with Crippen molar-refractivity contribution >= 4 is 17.8 Å². The first-order valence-electron chi connectivity index (χ1n) is 4.87. The van der Waals surface area contributed by atoms with Crippen LogP contribution in [0, 0.1) is 5.92 Å². The molecule has 0 saturated heterocycles. The lowest BCUT2D eigenvalue weighted by atomic mass is 9.95. The van der Waals surface area contributed by atoms with Crippen LogP contribution >= 0.6 is 0 Å². The Kier molecular flexibility index (Phi) is 1.46. The summed E-state index contributed by atoms with van der Waals surface area (Å²) in [4.78, 5) is 11.8. The highest BCUT2D eigenvalue weighted by Crippen LogP contribution is 2.58. The van der Waals surface area contributed by atoms with Gasteiger partial charge in [-0.3, -0.25) is 4.79 Å². The van der Waals surface area contributed by atoms with Gasteiger partial charge in [0.1, 0.15) is 0 Å². The maximum atomic E-state index is 11.8. The van der Waals surface area contributed by atoms with Crippen LogP contribution in [0.25, 0.3) is 0 Å².